The van der Waals surface area contributed by atoms with Crippen molar-refractivity contribution in [3.05, 3.63) is 71.1 Å². The number of hydrogen-bond acceptors (Lipinski definition) is 5. The monoisotopic (exact) mass is 507 g/mol. The van der Waals surface area contributed by atoms with Crippen LogP contribution in [0.5, 0.6) is 0 Å². The molecule has 0 fully saturated rings. The summed E-state index contributed by atoms with van der Waals surface area (Å²) >= 11 is 5.88. The van der Waals surface area contributed by atoms with Crippen molar-refractivity contribution in [2.24, 2.45) is 0 Å². The van der Waals surface area contributed by atoms with E-state index in [-0.39, 0.29) is 37.5 Å². The summed E-state index contributed by atoms with van der Waals surface area (Å²) in [6.07, 6.45) is -1.45. The Kier molecular flexibility index (Phi) is 6.17. The number of halogens is 4. The zero-order valence-electron chi connectivity index (χ0n) is 17.5. The molecule has 0 radical (unpaired) electrons. The summed E-state index contributed by atoms with van der Waals surface area (Å²) in [5.74, 6) is -0.114. The lowest BCUT2D eigenvalue weighted by molar-refractivity contribution is -0.137. The molecular weight excluding hydrogens is 491 g/mol. The third kappa shape index (κ3) is 4.05. The predicted octanol–water partition coefficient (Wildman–Crippen LogP) is 5.61. The number of anilines is 1. The van der Waals surface area contributed by atoms with Gasteiger partial charge in [0.15, 0.2) is 5.76 Å². The Morgan fingerprint density at radius 1 is 1.15 bits per heavy atom. The van der Waals surface area contributed by atoms with Crippen LogP contribution in [0.3, 0.4) is 0 Å². The molecular formula is C22H17ClF3N5O2S. The number of hydrogen-bond donors (Lipinski definition) is 0. The molecule has 7 nitrogen and oxygen atoms in total. The number of nitrogens with zero attached hydrogens (tertiary/aromatic N) is 5. The molecule has 0 bridgehead atoms. The first-order valence-electron chi connectivity index (χ1n) is 9.88. The summed E-state index contributed by atoms with van der Waals surface area (Å²) in [5.41, 5.74) is 1.06. The zero-order valence-corrected chi connectivity index (χ0v) is 19.3. The third-order valence-electron chi connectivity index (χ3n) is 5.38. The standard InChI is InChI=1S/C22H15ClF3N5O2.H2S/c1-12-11-30(13-5-6-15(16(23)8-13)22(24,25)26)21(32)20-14(10-28-31(12)20)19-9-18(29-33-19)17-4-2-3-7-27-17;/h2-10,12H,11H2,1H3;1H2/t12-;/m0./s1. The molecule has 0 saturated carbocycles. The number of carbonyl (C=O) groups excluding carboxylic acids is 1. The molecule has 0 saturated heterocycles. The van der Waals surface area contributed by atoms with E-state index in [4.69, 9.17) is 16.1 Å². The lowest BCUT2D eigenvalue weighted by Crippen LogP contribution is -2.42. The largest absolute Gasteiger partial charge is 0.417 e. The molecule has 1 amide bonds. The molecule has 4 heterocycles. The lowest BCUT2D eigenvalue weighted by atomic mass is 10.1. The second-order valence-electron chi connectivity index (χ2n) is 7.57. The molecule has 1 aliphatic rings. The highest BCUT2D eigenvalue weighted by molar-refractivity contribution is 7.59. The first-order chi connectivity index (χ1) is 15.7. The van der Waals surface area contributed by atoms with E-state index >= 15 is 0 Å². The molecule has 176 valence electrons. The van der Waals surface area contributed by atoms with Crippen molar-refractivity contribution in [3.63, 3.8) is 0 Å². The summed E-state index contributed by atoms with van der Waals surface area (Å²) < 4.78 is 46.3. The van der Waals surface area contributed by atoms with Gasteiger partial charge in [-0.2, -0.15) is 31.8 Å². The first-order valence-corrected chi connectivity index (χ1v) is 10.3. The van der Waals surface area contributed by atoms with Crippen LogP contribution in [0.1, 0.15) is 29.0 Å². The molecule has 1 aromatic carbocycles. The fourth-order valence-corrected chi connectivity index (χ4v) is 4.09. The Morgan fingerprint density at radius 2 is 1.94 bits per heavy atom. The van der Waals surface area contributed by atoms with Gasteiger partial charge in [-0.25, -0.2) is 0 Å². The normalized spacial score (nSPS) is 15.7. The highest BCUT2D eigenvalue weighted by atomic mass is 35.5. The predicted molar refractivity (Wildman–Crippen MR) is 124 cm³/mol. The van der Waals surface area contributed by atoms with Gasteiger partial charge >= 0.3 is 6.18 Å². The Morgan fingerprint density at radius 3 is 2.62 bits per heavy atom. The molecule has 4 aromatic rings. The van der Waals surface area contributed by atoms with E-state index in [2.05, 4.69) is 15.2 Å². The Bertz CT molecular complexity index is 1360. The zero-order chi connectivity index (χ0) is 23.3. The lowest BCUT2D eigenvalue weighted by Gasteiger charge is -2.32. The van der Waals surface area contributed by atoms with Crippen LogP contribution in [0, 0.1) is 0 Å². The van der Waals surface area contributed by atoms with Gasteiger partial charge in [-0.3, -0.25) is 14.5 Å². The maximum absolute atomic E-state index is 13.4. The highest BCUT2D eigenvalue weighted by Gasteiger charge is 2.37. The maximum atomic E-state index is 13.4. The van der Waals surface area contributed by atoms with Crippen molar-refractivity contribution in [1.29, 1.82) is 0 Å². The highest BCUT2D eigenvalue weighted by Crippen LogP contribution is 2.39. The fourth-order valence-electron chi connectivity index (χ4n) is 3.80. The second kappa shape index (κ2) is 8.80. The van der Waals surface area contributed by atoms with Gasteiger partial charge in [0.1, 0.15) is 11.4 Å². The van der Waals surface area contributed by atoms with Crippen LogP contribution in [0.2, 0.25) is 5.02 Å². The molecule has 3 aromatic heterocycles. The number of carbonyl (C=O) groups is 1. The average molecular weight is 508 g/mol. The summed E-state index contributed by atoms with van der Waals surface area (Å²) in [5, 5.41) is 7.89. The maximum Gasteiger partial charge on any atom is 0.417 e. The second-order valence-corrected chi connectivity index (χ2v) is 7.98. The van der Waals surface area contributed by atoms with Gasteiger partial charge < -0.3 is 9.42 Å². The van der Waals surface area contributed by atoms with Gasteiger partial charge in [0, 0.05) is 24.5 Å². The van der Waals surface area contributed by atoms with Gasteiger partial charge in [0.2, 0.25) is 0 Å². The molecule has 1 atom stereocenters. The van der Waals surface area contributed by atoms with Crippen molar-refractivity contribution in [2.75, 3.05) is 11.4 Å². The number of amides is 1. The average Bonchev–Trinajstić information content (AvgIpc) is 3.43. The van der Waals surface area contributed by atoms with Crippen molar-refractivity contribution < 1.29 is 22.5 Å². The quantitative estimate of drug-likeness (QED) is 0.360. The summed E-state index contributed by atoms with van der Waals surface area (Å²) in [6.45, 7) is 2.06. The van der Waals surface area contributed by atoms with Crippen molar-refractivity contribution in [2.45, 2.75) is 19.1 Å². The summed E-state index contributed by atoms with van der Waals surface area (Å²) in [4.78, 5) is 19.0. The van der Waals surface area contributed by atoms with Crippen LogP contribution in [0.4, 0.5) is 18.9 Å². The fraction of sp³-hybridized carbons (Fsp3) is 0.182. The number of aromatic nitrogens is 4. The van der Waals surface area contributed by atoms with E-state index in [9.17, 15) is 18.0 Å². The van der Waals surface area contributed by atoms with Crippen LogP contribution in [0.25, 0.3) is 22.7 Å². The summed E-state index contributed by atoms with van der Waals surface area (Å²) in [6, 6.07) is 10.0. The minimum Gasteiger partial charge on any atom is -0.355 e. The molecule has 0 N–H and O–H groups in total. The minimum absolute atomic E-state index is 0. The van der Waals surface area contributed by atoms with E-state index in [1.165, 1.54) is 17.2 Å². The van der Waals surface area contributed by atoms with E-state index < -0.39 is 22.7 Å². The summed E-state index contributed by atoms with van der Waals surface area (Å²) in [7, 11) is 0. The number of alkyl halides is 3. The number of rotatable bonds is 3. The van der Waals surface area contributed by atoms with Gasteiger partial charge in [-0.1, -0.05) is 22.8 Å². The van der Waals surface area contributed by atoms with E-state index in [1.54, 1.807) is 29.1 Å². The van der Waals surface area contributed by atoms with Gasteiger partial charge in [-0.05, 0) is 37.3 Å². The Balaban J connectivity index is 0.00000274. The van der Waals surface area contributed by atoms with Crippen LogP contribution in [-0.2, 0) is 6.18 Å². The van der Waals surface area contributed by atoms with Crippen molar-refractivity contribution in [1.82, 2.24) is 19.9 Å². The van der Waals surface area contributed by atoms with Crippen LogP contribution in [0.15, 0.2) is 59.4 Å². The van der Waals surface area contributed by atoms with E-state index in [0.717, 1.165) is 12.1 Å². The first kappa shape index (κ1) is 23.8. The van der Waals surface area contributed by atoms with E-state index in [0.29, 0.717) is 22.7 Å². The van der Waals surface area contributed by atoms with Gasteiger partial charge in [0.05, 0.1) is 34.1 Å². The minimum atomic E-state index is -4.59. The van der Waals surface area contributed by atoms with Crippen LogP contribution in [-0.4, -0.2) is 32.4 Å². The third-order valence-corrected chi connectivity index (χ3v) is 5.69. The molecule has 34 heavy (non-hydrogen) atoms. The molecule has 0 aliphatic carbocycles. The Hall–Kier alpha value is -3.31. The molecule has 12 heteroatoms. The Labute approximate surface area is 203 Å². The molecule has 1 aliphatic heterocycles. The SMILES string of the molecule is C[C@H]1CN(c2ccc(C(F)(F)F)c(Cl)c2)C(=O)c2c(-c3cc(-c4ccccn4)no3)cnn21.S. The van der Waals surface area contributed by atoms with E-state index in [1.807, 2.05) is 13.0 Å². The molecule has 0 unspecified atom stereocenters. The number of fused-ring (bicyclic) bond motifs is 1. The molecule has 0 spiro atoms. The van der Waals surface area contributed by atoms with Crippen LogP contribution < -0.4 is 4.90 Å². The van der Waals surface area contributed by atoms with Crippen molar-refractivity contribution in [3.8, 4) is 22.7 Å². The number of pyridine rings is 1. The van der Waals surface area contributed by atoms with Crippen molar-refractivity contribution >= 4 is 36.7 Å². The van der Waals surface area contributed by atoms with Gasteiger partial charge in [0.25, 0.3) is 5.91 Å². The smallest absolute Gasteiger partial charge is 0.355 e. The van der Waals surface area contributed by atoms with Crippen LogP contribution >= 0.6 is 25.1 Å². The molecule has 5 rings (SSSR count). The topological polar surface area (TPSA) is 77.1 Å². The van der Waals surface area contributed by atoms with Gasteiger partial charge in [-0.15, -0.1) is 0 Å². The number of benzene rings is 1.